The van der Waals surface area contributed by atoms with Gasteiger partial charge >= 0.3 is 5.97 Å². The number of hydrogen-bond acceptors (Lipinski definition) is 2. The molecule has 3 N–H and O–H groups in total. The summed E-state index contributed by atoms with van der Waals surface area (Å²) in [5.41, 5.74) is 6.90. The van der Waals surface area contributed by atoms with E-state index in [0.29, 0.717) is 6.42 Å². The molecule has 0 amide bonds. The van der Waals surface area contributed by atoms with E-state index >= 15 is 0 Å². The van der Waals surface area contributed by atoms with Crippen LogP contribution < -0.4 is 5.73 Å². The van der Waals surface area contributed by atoms with Crippen molar-refractivity contribution in [2.75, 3.05) is 0 Å². The Morgan fingerprint density at radius 1 is 1.57 bits per heavy atom. The van der Waals surface area contributed by atoms with Gasteiger partial charge in [-0.2, -0.15) is 0 Å². The summed E-state index contributed by atoms with van der Waals surface area (Å²) in [5, 5.41) is 8.91. The van der Waals surface area contributed by atoms with Gasteiger partial charge in [-0.05, 0) is 24.5 Å². The molecule has 0 unspecified atom stereocenters. The van der Waals surface area contributed by atoms with E-state index in [1.807, 2.05) is 31.2 Å². The highest BCUT2D eigenvalue weighted by atomic mass is 16.4. The molecule has 0 heterocycles. The second-order valence-electron chi connectivity index (χ2n) is 3.96. The monoisotopic (exact) mass is 191 g/mol. The Hall–Kier alpha value is -1.35. The van der Waals surface area contributed by atoms with Crippen molar-refractivity contribution in [1.82, 2.24) is 0 Å². The average molecular weight is 191 g/mol. The fourth-order valence-electron chi connectivity index (χ4n) is 1.88. The summed E-state index contributed by atoms with van der Waals surface area (Å²) in [7, 11) is 0. The van der Waals surface area contributed by atoms with Gasteiger partial charge in [0.25, 0.3) is 0 Å². The number of rotatable bonds is 2. The van der Waals surface area contributed by atoms with Crippen LogP contribution >= 0.6 is 0 Å². The van der Waals surface area contributed by atoms with E-state index in [1.165, 1.54) is 0 Å². The third-order valence-corrected chi connectivity index (χ3v) is 2.97. The van der Waals surface area contributed by atoms with Crippen molar-refractivity contribution >= 4 is 5.97 Å². The Balaban J connectivity index is 2.29. The van der Waals surface area contributed by atoms with Crippen molar-refractivity contribution in [3.63, 3.8) is 0 Å². The molecule has 3 heteroatoms. The van der Waals surface area contributed by atoms with Gasteiger partial charge in [-0.25, -0.2) is 0 Å². The zero-order chi connectivity index (χ0) is 10.3. The standard InChI is InChI=1S/C11H13NO2/c1-7-4-2-3-5-8(7)9-6-11(9,12)10(13)14/h2-5,9H,6,12H2,1H3,(H,13,14)/t9-,11-/m1/s1. The van der Waals surface area contributed by atoms with Crippen molar-refractivity contribution in [1.29, 1.82) is 0 Å². The smallest absolute Gasteiger partial charge is 0.324 e. The van der Waals surface area contributed by atoms with Gasteiger partial charge in [0.15, 0.2) is 0 Å². The quantitative estimate of drug-likeness (QED) is 0.739. The summed E-state index contributed by atoms with van der Waals surface area (Å²) in [6.07, 6.45) is 0.549. The van der Waals surface area contributed by atoms with Gasteiger partial charge in [-0.15, -0.1) is 0 Å². The maximum Gasteiger partial charge on any atom is 0.324 e. The van der Waals surface area contributed by atoms with E-state index in [4.69, 9.17) is 10.8 Å². The third-order valence-electron chi connectivity index (χ3n) is 2.97. The van der Waals surface area contributed by atoms with Crippen molar-refractivity contribution in [2.24, 2.45) is 5.73 Å². The minimum atomic E-state index is -1.02. The lowest BCUT2D eigenvalue weighted by Gasteiger charge is -2.07. The molecule has 1 aromatic rings. The fraction of sp³-hybridized carbons (Fsp3) is 0.364. The number of hydrogen-bond donors (Lipinski definition) is 2. The Morgan fingerprint density at radius 3 is 2.71 bits per heavy atom. The maximum absolute atomic E-state index is 10.9. The molecule has 1 aromatic carbocycles. The molecule has 74 valence electrons. The summed E-state index contributed by atoms with van der Waals surface area (Å²) >= 11 is 0. The Labute approximate surface area is 82.5 Å². The largest absolute Gasteiger partial charge is 0.480 e. The number of carboxylic acids is 1. The Bertz CT molecular complexity index is 389. The molecule has 0 spiro atoms. The van der Waals surface area contributed by atoms with Crippen LogP contribution in [-0.2, 0) is 4.79 Å². The number of aryl methyl sites for hydroxylation is 1. The molecule has 0 saturated heterocycles. The minimum Gasteiger partial charge on any atom is -0.480 e. The van der Waals surface area contributed by atoms with Crippen LogP contribution in [0.5, 0.6) is 0 Å². The number of nitrogens with two attached hydrogens (primary N) is 1. The maximum atomic E-state index is 10.9. The normalized spacial score (nSPS) is 30.0. The zero-order valence-corrected chi connectivity index (χ0v) is 8.03. The van der Waals surface area contributed by atoms with Gasteiger partial charge < -0.3 is 10.8 Å². The van der Waals surface area contributed by atoms with Gasteiger partial charge in [-0.1, -0.05) is 24.3 Å². The van der Waals surface area contributed by atoms with Crippen LogP contribution in [0.3, 0.4) is 0 Å². The molecule has 2 rings (SSSR count). The van der Waals surface area contributed by atoms with E-state index in [2.05, 4.69) is 0 Å². The number of aliphatic carboxylic acids is 1. The first-order valence-corrected chi connectivity index (χ1v) is 4.63. The molecule has 1 saturated carbocycles. The zero-order valence-electron chi connectivity index (χ0n) is 8.03. The van der Waals surface area contributed by atoms with Gasteiger partial charge in [0.2, 0.25) is 0 Å². The van der Waals surface area contributed by atoms with Crippen LogP contribution in [0.2, 0.25) is 0 Å². The molecule has 0 aromatic heterocycles. The molecule has 2 atom stereocenters. The van der Waals surface area contributed by atoms with Crippen LogP contribution in [0.25, 0.3) is 0 Å². The van der Waals surface area contributed by atoms with Crippen molar-refractivity contribution in [3.8, 4) is 0 Å². The van der Waals surface area contributed by atoms with Gasteiger partial charge in [-0.3, -0.25) is 4.79 Å². The minimum absolute atomic E-state index is 0.0128. The van der Waals surface area contributed by atoms with E-state index in [9.17, 15) is 4.79 Å². The summed E-state index contributed by atoms with van der Waals surface area (Å²) in [6.45, 7) is 1.98. The predicted molar refractivity (Wildman–Crippen MR) is 53.1 cm³/mol. The number of carbonyl (C=O) groups is 1. The molecule has 1 fully saturated rings. The van der Waals surface area contributed by atoms with E-state index in [0.717, 1.165) is 11.1 Å². The highest BCUT2D eigenvalue weighted by Gasteiger charge is 2.58. The van der Waals surface area contributed by atoms with Gasteiger partial charge in [0.05, 0.1) is 0 Å². The third kappa shape index (κ3) is 1.21. The molecule has 0 radical (unpaired) electrons. The van der Waals surface area contributed by atoms with Crippen molar-refractivity contribution < 1.29 is 9.90 Å². The predicted octanol–water partition coefficient (Wildman–Crippen LogP) is 1.26. The first-order valence-electron chi connectivity index (χ1n) is 4.63. The van der Waals surface area contributed by atoms with Crippen LogP contribution in [-0.4, -0.2) is 16.6 Å². The lowest BCUT2D eigenvalue weighted by molar-refractivity contribution is -0.139. The van der Waals surface area contributed by atoms with Gasteiger partial charge in [0, 0.05) is 5.92 Å². The lowest BCUT2D eigenvalue weighted by Crippen LogP contribution is -2.34. The molecule has 1 aliphatic rings. The first-order chi connectivity index (χ1) is 6.55. The number of benzene rings is 1. The van der Waals surface area contributed by atoms with Crippen LogP contribution in [0, 0.1) is 6.92 Å². The molecular weight excluding hydrogens is 178 g/mol. The SMILES string of the molecule is Cc1ccccc1[C@H]1C[C@]1(N)C(=O)O. The highest BCUT2D eigenvalue weighted by Crippen LogP contribution is 2.50. The van der Waals surface area contributed by atoms with Gasteiger partial charge in [0.1, 0.15) is 5.54 Å². The van der Waals surface area contributed by atoms with E-state index in [-0.39, 0.29) is 5.92 Å². The van der Waals surface area contributed by atoms with Crippen LogP contribution in [0.4, 0.5) is 0 Å². The summed E-state index contributed by atoms with van der Waals surface area (Å²) in [5.74, 6) is -0.910. The summed E-state index contributed by atoms with van der Waals surface area (Å²) < 4.78 is 0. The molecule has 0 bridgehead atoms. The second-order valence-corrected chi connectivity index (χ2v) is 3.96. The van der Waals surface area contributed by atoms with Crippen LogP contribution in [0.15, 0.2) is 24.3 Å². The van der Waals surface area contributed by atoms with Crippen LogP contribution in [0.1, 0.15) is 23.5 Å². The summed E-state index contributed by atoms with van der Waals surface area (Å²) in [6, 6.07) is 7.80. The molecule has 1 aliphatic carbocycles. The Kier molecular flexibility index (Phi) is 1.86. The molecule has 3 nitrogen and oxygen atoms in total. The van der Waals surface area contributed by atoms with Crippen molar-refractivity contribution in [2.45, 2.75) is 24.8 Å². The second kappa shape index (κ2) is 2.82. The summed E-state index contributed by atoms with van der Waals surface area (Å²) in [4.78, 5) is 10.9. The average Bonchev–Trinajstić information content (AvgIpc) is 2.80. The first kappa shape index (κ1) is 9.21. The van der Waals surface area contributed by atoms with E-state index in [1.54, 1.807) is 0 Å². The Morgan fingerprint density at radius 2 is 2.21 bits per heavy atom. The molecule has 14 heavy (non-hydrogen) atoms. The fourth-order valence-corrected chi connectivity index (χ4v) is 1.88. The number of carboxylic acid groups (broad SMARTS) is 1. The topological polar surface area (TPSA) is 63.3 Å². The molecular formula is C11H13NO2. The lowest BCUT2D eigenvalue weighted by atomic mass is 10.0. The van der Waals surface area contributed by atoms with Crippen molar-refractivity contribution in [3.05, 3.63) is 35.4 Å². The van der Waals surface area contributed by atoms with E-state index < -0.39 is 11.5 Å². The molecule has 0 aliphatic heterocycles. The highest BCUT2D eigenvalue weighted by molar-refractivity contribution is 5.85.